The van der Waals surface area contributed by atoms with E-state index in [1.807, 2.05) is 11.0 Å². The fourth-order valence-corrected chi connectivity index (χ4v) is 3.76. The molecular formula is C20H29N3O2. The van der Waals surface area contributed by atoms with Gasteiger partial charge in [0.2, 0.25) is 5.91 Å². The van der Waals surface area contributed by atoms with Crippen LogP contribution in [0, 0.1) is 5.92 Å². The van der Waals surface area contributed by atoms with Gasteiger partial charge in [-0.25, -0.2) is 0 Å². The summed E-state index contributed by atoms with van der Waals surface area (Å²) in [5.74, 6) is 0.620. The molecule has 2 saturated heterocycles. The molecule has 5 nitrogen and oxygen atoms in total. The Bertz CT molecular complexity index is 596. The van der Waals surface area contributed by atoms with Crippen LogP contribution in [0.3, 0.4) is 0 Å². The number of nitrogens with one attached hydrogen (secondary N) is 1. The number of piperidine rings is 1. The number of anilines is 1. The first-order chi connectivity index (χ1) is 12.2. The van der Waals surface area contributed by atoms with Gasteiger partial charge in [0, 0.05) is 31.9 Å². The van der Waals surface area contributed by atoms with Gasteiger partial charge in [0.25, 0.3) is 0 Å². The van der Waals surface area contributed by atoms with Gasteiger partial charge < -0.3 is 15.3 Å². The summed E-state index contributed by atoms with van der Waals surface area (Å²) < 4.78 is 0. The lowest BCUT2D eigenvalue weighted by Gasteiger charge is -2.31. The van der Waals surface area contributed by atoms with Gasteiger partial charge in [-0.15, -0.1) is 6.58 Å². The number of likely N-dealkylation sites (tertiary alicyclic amines) is 2. The zero-order valence-corrected chi connectivity index (χ0v) is 14.9. The highest BCUT2D eigenvalue weighted by atomic mass is 16.3. The summed E-state index contributed by atoms with van der Waals surface area (Å²) >= 11 is 0. The maximum atomic E-state index is 12.5. The first kappa shape index (κ1) is 18.0. The third-order valence-corrected chi connectivity index (χ3v) is 5.35. The standard InChI is InChI=1S/C20H29N3O2/c1-2-10-23-13-9-19(20(23)25)21-18-6-4-3-5-17(18)14-22-11-7-16(15-24)8-12-22/h2-6,16,19,21,24H,1,7-15H2. The van der Waals surface area contributed by atoms with Crippen LogP contribution in [-0.2, 0) is 11.3 Å². The van der Waals surface area contributed by atoms with E-state index in [0.717, 1.165) is 51.1 Å². The van der Waals surface area contributed by atoms with E-state index in [4.69, 9.17) is 0 Å². The summed E-state index contributed by atoms with van der Waals surface area (Å²) in [6, 6.07) is 8.15. The van der Waals surface area contributed by atoms with E-state index in [2.05, 4.69) is 35.0 Å². The average molecular weight is 343 g/mol. The van der Waals surface area contributed by atoms with Gasteiger partial charge in [0.15, 0.2) is 0 Å². The molecule has 1 aromatic carbocycles. The molecule has 0 radical (unpaired) electrons. The quantitative estimate of drug-likeness (QED) is 0.745. The molecule has 136 valence electrons. The predicted molar refractivity (Wildman–Crippen MR) is 100 cm³/mol. The number of carbonyl (C=O) groups excluding carboxylic acids is 1. The van der Waals surface area contributed by atoms with Gasteiger partial charge in [0.1, 0.15) is 6.04 Å². The van der Waals surface area contributed by atoms with Crippen molar-refractivity contribution in [3.8, 4) is 0 Å². The molecule has 1 aromatic rings. The Morgan fingerprint density at radius 1 is 1.20 bits per heavy atom. The second-order valence-electron chi connectivity index (χ2n) is 7.12. The van der Waals surface area contributed by atoms with Gasteiger partial charge in [-0.2, -0.15) is 0 Å². The maximum Gasteiger partial charge on any atom is 0.245 e. The largest absolute Gasteiger partial charge is 0.396 e. The molecule has 2 aliphatic rings. The number of benzene rings is 1. The number of nitrogens with zero attached hydrogens (tertiary/aromatic N) is 2. The minimum Gasteiger partial charge on any atom is -0.396 e. The van der Waals surface area contributed by atoms with Crippen molar-refractivity contribution in [2.24, 2.45) is 5.92 Å². The lowest BCUT2D eigenvalue weighted by Crippen LogP contribution is -2.35. The van der Waals surface area contributed by atoms with Crippen LogP contribution in [0.4, 0.5) is 5.69 Å². The lowest BCUT2D eigenvalue weighted by atomic mass is 9.97. The second kappa shape index (κ2) is 8.50. The molecule has 2 fully saturated rings. The number of hydrogen-bond acceptors (Lipinski definition) is 4. The van der Waals surface area contributed by atoms with Gasteiger partial charge in [-0.3, -0.25) is 9.69 Å². The number of carbonyl (C=O) groups is 1. The Balaban J connectivity index is 1.62. The van der Waals surface area contributed by atoms with Crippen LogP contribution in [0.25, 0.3) is 0 Å². The van der Waals surface area contributed by atoms with Crippen LogP contribution in [0.5, 0.6) is 0 Å². The molecule has 3 rings (SSSR count). The number of hydrogen-bond donors (Lipinski definition) is 2. The number of amides is 1. The molecular weight excluding hydrogens is 314 g/mol. The zero-order chi connectivity index (χ0) is 17.6. The second-order valence-corrected chi connectivity index (χ2v) is 7.12. The van der Waals surface area contributed by atoms with Crippen molar-refractivity contribution >= 4 is 11.6 Å². The summed E-state index contributed by atoms with van der Waals surface area (Å²) in [6.07, 6.45) is 4.74. The van der Waals surface area contributed by atoms with Crippen LogP contribution >= 0.6 is 0 Å². The highest BCUT2D eigenvalue weighted by Gasteiger charge is 2.31. The van der Waals surface area contributed by atoms with Crippen LogP contribution in [-0.4, -0.2) is 59.6 Å². The van der Waals surface area contributed by atoms with Crippen LogP contribution < -0.4 is 5.32 Å². The Hall–Kier alpha value is -1.85. The molecule has 0 aliphatic carbocycles. The number of para-hydroxylation sites is 1. The van der Waals surface area contributed by atoms with E-state index in [1.54, 1.807) is 6.08 Å². The van der Waals surface area contributed by atoms with Gasteiger partial charge >= 0.3 is 0 Å². The van der Waals surface area contributed by atoms with E-state index in [-0.39, 0.29) is 11.9 Å². The smallest absolute Gasteiger partial charge is 0.245 e. The van der Waals surface area contributed by atoms with Crippen LogP contribution in [0.1, 0.15) is 24.8 Å². The molecule has 2 heterocycles. The minimum absolute atomic E-state index is 0.138. The van der Waals surface area contributed by atoms with Crippen molar-refractivity contribution in [3.05, 3.63) is 42.5 Å². The summed E-state index contributed by atoms with van der Waals surface area (Å²) in [6.45, 7) is 8.37. The monoisotopic (exact) mass is 343 g/mol. The van der Waals surface area contributed by atoms with Gasteiger partial charge in [0.05, 0.1) is 0 Å². The van der Waals surface area contributed by atoms with E-state index in [9.17, 15) is 9.90 Å². The summed E-state index contributed by atoms with van der Waals surface area (Å²) in [5, 5.41) is 12.7. The first-order valence-electron chi connectivity index (χ1n) is 9.28. The molecule has 1 unspecified atom stereocenters. The molecule has 0 spiro atoms. The Morgan fingerprint density at radius 3 is 2.68 bits per heavy atom. The molecule has 25 heavy (non-hydrogen) atoms. The normalized spacial score (nSPS) is 22.4. The van der Waals surface area contributed by atoms with E-state index < -0.39 is 0 Å². The third kappa shape index (κ3) is 4.41. The molecule has 1 amide bonds. The fourth-order valence-electron chi connectivity index (χ4n) is 3.76. The fraction of sp³-hybridized carbons (Fsp3) is 0.550. The Morgan fingerprint density at radius 2 is 1.96 bits per heavy atom. The molecule has 2 N–H and O–H groups in total. The molecule has 1 atom stereocenters. The molecule has 2 aliphatic heterocycles. The molecule has 5 heteroatoms. The minimum atomic E-state index is -0.138. The van der Waals surface area contributed by atoms with Crippen molar-refractivity contribution in [2.75, 3.05) is 38.1 Å². The average Bonchev–Trinajstić information content (AvgIpc) is 2.98. The lowest BCUT2D eigenvalue weighted by molar-refractivity contribution is -0.127. The van der Waals surface area contributed by atoms with Crippen molar-refractivity contribution in [2.45, 2.75) is 31.8 Å². The van der Waals surface area contributed by atoms with Crippen LogP contribution in [0.15, 0.2) is 36.9 Å². The predicted octanol–water partition coefficient (Wildman–Crippen LogP) is 2.09. The summed E-state index contributed by atoms with van der Waals surface area (Å²) in [7, 11) is 0. The van der Waals surface area contributed by atoms with E-state index in [0.29, 0.717) is 19.1 Å². The first-order valence-corrected chi connectivity index (χ1v) is 9.28. The van der Waals surface area contributed by atoms with E-state index >= 15 is 0 Å². The zero-order valence-electron chi connectivity index (χ0n) is 14.9. The Kier molecular flexibility index (Phi) is 6.10. The molecule has 0 saturated carbocycles. The maximum absolute atomic E-state index is 12.5. The highest BCUT2D eigenvalue weighted by Crippen LogP contribution is 2.24. The number of aliphatic hydroxyl groups is 1. The van der Waals surface area contributed by atoms with Crippen molar-refractivity contribution < 1.29 is 9.90 Å². The molecule has 0 bridgehead atoms. The van der Waals surface area contributed by atoms with E-state index in [1.165, 1.54) is 5.56 Å². The summed E-state index contributed by atoms with van der Waals surface area (Å²) in [4.78, 5) is 16.7. The topological polar surface area (TPSA) is 55.8 Å². The highest BCUT2D eigenvalue weighted by molar-refractivity contribution is 5.87. The van der Waals surface area contributed by atoms with Gasteiger partial charge in [-0.05, 0) is 49.9 Å². The third-order valence-electron chi connectivity index (χ3n) is 5.35. The summed E-state index contributed by atoms with van der Waals surface area (Å²) in [5.41, 5.74) is 2.30. The SMILES string of the molecule is C=CCN1CCC(Nc2ccccc2CN2CCC(CO)CC2)C1=O. The number of rotatable bonds is 7. The van der Waals surface area contributed by atoms with Crippen molar-refractivity contribution in [1.82, 2.24) is 9.80 Å². The molecule has 0 aromatic heterocycles. The Labute approximate surface area is 150 Å². The van der Waals surface area contributed by atoms with Gasteiger partial charge in [-0.1, -0.05) is 24.3 Å². The van der Waals surface area contributed by atoms with Crippen molar-refractivity contribution in [3.63, 3.8) is 0 Å². The number of aliphatic hydroxyl groups excluding tert-OH is 1. The van der Waals surface area contributed by atoms with Crippen LogP contribution in [0.2, 0.25) is 0 Å². The van der Waals surface area contributed by atoms with Crippen molar-refractivity contribution in [1.29, 1.82) is 0 Å².